The summed E-state index contributed by atoms with van der Waals surface area (Å²) in [5, 5.41) is 4.22. The quantitative estimate of drug-likeness (QED) is 0.750. The Morgan fingerprint density at radius 3 is 2.37 bits per heavy atom. The van der Waals surface area contributed by atoms with Gasteiger partial charge in [0, 0.05) is 38.4 Å². The predicted molar refractivity (Wildman–Crippen MR) is 107 cm³/mol. The molecule has 0 unspecified atom stereocenters. The smallest absolute Gasteiger partial charge is 0.230 e. The molecule has 2 heterocycles. The Labute approximate surface area is 159 Å². The second-order valence-electron chi connectivity index (χ2n) is 6.70. The summed E-state index contributed by atoms with van der Waals surface area (Å²) in [5.41, 5.74) is 10.1. The maximum absolute atomic E-state index is 6.06. The summed E-state index contributed by atoms with van der Waals surface area (Å²) in [4.78, 5) is 4.81. The fraction of sp³-hybridized carbons (Fsp3) is 0.286. The van der Waals surface area contributed by atoms with Crippen molar-refractivity contribution in [1.29, 1.82) is 0 Å². The van der Waals surface area contributed by atoms with Crippen molar-refractivity contribution in [1.82, 2.24) is 10.1 Å². The van der Waals surface area contributed by atoms with Gasteiger partial charge in [-0.1, -0.05) is 35.5 Å². The molecule has 0 saturated carbocycles. The van der Waals surface area contributed by atoms with Gasteiger partial charge in [0.05, 0.1) is 12.7 Å². The van der Waals surface area contributed by atoms with E-state index in [1.54, 1.807) is 7.11 Å². The molecule has 0 aliphatic carbocycles. The van der Waals surface area contributed by atoms with E-state index in [1.165, 1.54) is 5.69 Å². The summed E-state index contributed by atoms with van der Waals surface area (Å²) in [6.07, 6.45) is 0. The number of hydrogen-bond acceptors (Lipinski definition) is 6. The van der Waals surface area contributed by atoms with Gasteiger partial charge in [-0.25, -0.2) is 0 Å². The minimum atomic E-state index is 0.359. The van der Waals surface area contributed by atoms with Gasteiger partial charge in [-0.2, -0.15) is 0 Å². The SMILES string of the molecule is COc1ccc(-c2c(CN3CCN(c4ccccc4)CC3)noc2N)cc1. The molecule has 2 N–H and O–H groups in total. The summed E-state index contributed by atoms with van der Waals surface area (Å²) < 4.78 is 10.5. The van der Waals surface area contributed by atoms with Crippen LogP contribution in [0.1, 0.15) is 5.69 Å². The predicted octanol–water partition coefficient (Wildman–Crippen LogP) is 3.25. The number of rotatable bonds is 5. The average Bonchev–Trinajstić information content (AvgIpc) is 3.09. The van der Waals surface area contributed by atoms with Crippen molar-refractivity contribution in [3.63, 3.8) is 0 Å². The van der Waals surface area contributed by atoms with Gasteiger partial charge >= 0.3 is 0 Å². The van der Waals surface area contributed by atoms with Gasteiger partial charge in [0.15, 0.2) is 0 Å². The summed E-state index contributed by atoms with van der Waals surface area (Å²) in [6.45, 7) is 4.67. The lowest BCUT2D eigenvalue weighted by atomic mass is 10.0. The number of hydrogen-bond donors (Lipinski definition) is 1. The lowest BCUT2D eigenvalue weighted by Crippen LogP contribution is -2.46. The Hall–Kier alpha value is -2.99. The van der Waals surface area contributed by atoms with Gasteiger partial charge in [0.25, 0.3) is 0 Å². The molecule has 27 heavy (non-hydrogen) atoms. The first-order chi connectivity index (χ1) is 13.2. The number of para-hydroxylation sites is 1. The molecule has 6 nitrogen and oxygen atoms in total. The van der Waals surface area contributed by atoms with E-state index >= 15 is 0 Å². The average molecular weight is 364 g/mol. The number of anilines is 2. The van der Waals surface area contributed by atoms with Gasteiger partial charge in [-0.3, -0.25) is 4.90 Å². The van der Waals surface area contributed by atoms with Gasteiger partial charge in [0.2, 0.25) is 5.88 Å². The Morgan fingerprint density at radius 1 is 1.00 bits per heavy atom. The monoisotopic (exact) mass is 364 g/mol. The highest BCUT2D eigenvalue weighted by Crippen LogP contribution is 2.32. The van der Waals surface area contributed by atoms with E-state index in [1.807, 2.05) is 24.3 Å². The third kappa shape index (κ3) is 3.75. The zero-order chi connectivity index (χ0) is 18.6. The fourth-order valence-corrected chi connectivity index (χ4v) is 3.53. The number of piperazine rings is 1. The first-order valence-corrected chi connectivity index (χ1v) is 9.15. The molecule has 1 fully saturated rings. The van der Waals surface area contributed by atoms with Crippen LogP contribution in [0.5, 0.6) is 5.75 Å². The number of benzene rings is 2. The van der Waals surface area contributed by atoms with Gasteiger partial charge in [-0.05, 0) is 29.8 Å². The highest BCUT2D eigenvalue weighted by atomic mass is 16.5. The normalized spacial score (nSPS) is 15.1. The third-order valence-corrected chi connectivity index (χ3v) is 5.03. The van der Waals surface area contributed by atoms with E-state index in [-0.39, 0.29) is 0 Å². The van der Waals surface area contributed by atoms with Gasteiger partial charge in [-0.15, -0.1) is 0 Å². The van der Waals surface area contributed by atoms with Crippen LogP contribution < -0.4 is 15.4 Å². The van der Waals surface area contributed by atoms with Crippen molar-refractivity contribution in [3.05, 3.63) is 60.3 Å². The molecule has 1 aromatic heterocycles. The molecule has 1 aliphatic rings. The van der Waals surface area contributed by atoms with Crippen molar-refractivity contribution in [3.8, 4) is 16.9 Å². The topological polar surface area (TPSA) is 67.8 Å². The Bertz CT molecular complexity index is 869. The maximum atomic E-state index is 6.06. The Morgan fingerprint density at radius 2 is 1.70 bits per heavy atom. The lowest BCUT2D eigenvalue weighted by molar-refractivity contribution is 0.242. The fourth-order valence-electron chi connectivity index (χ4n) is 3.53. The van der Waals surface area contributed by atoms with Crippen LogP contribution in [0.3, 0.4) is 0 Å². The first kappa shape index (κ1) is 17.4. The molecule has 2 aromatic carbocycles. The van der Waals surface area contributed by atoms with Crippen molar-refractivity contribution in [2.75, 3.05) is 43.9 Å². The van der Waals surface area contributed by atoms with Crippen LogP contribution >= 0.6 is 0 Å². The summed E-state index contributed by atoms with van der Waals surface area (Å²) in [6, 6.07) is 18.4. The molecule has 0 amide bonds. The molecule has 0 atom stereocenters. The molecular formula is C21H24N4O2. The summed E-state index contributed by atoms with van der Waals surface area (Å²) in [7, 11) is 1.66. The van der Waals surface area contributed by atoms with Crippen LogP contribution in [0.25, 0.3) is 11.1 Å². The number of nitrogens with zero attached hydrogens (tertiary/aromatic N) is 3. The van der Waals surface area contributed by atoms with Crippen molar-refractivity contribution < 1.29 is 9.26 Å². The van der Waals surface area contributed by atoms with E-state index < -0.39 is 0 Å². The molecule has 0 radical (unpaired) electrons. The number of nitrogens with two attached hydrogens (primary N) is 1. The highest BCUT2D eigenvalue weighted by molar-refractivity contribution is 5.75. The molecule has 3 aromatic rings. The van der Waals surface area contributed by atoms with E-state index in [9.17, 15) is 0 Å². The minimum absolute atomic E-state index is 0.359. The molecule has 0 bridgehead atoms. The van der Waals surface area contributed by atoms with Crippen LogP contribution in [0.15, 0.2) is 59.1 Å². The Balaban J connectivity index is 1.45. The molecule has 6 heteroatoms. The first-order valence-electron chi connectivity index (χ1n) is 9.15. The zero-order valence-corrected chi connectivity index (χ0v) is 15.5. The second kappa shape index (κ2) is 7.72. The highest BCUT2D eigenvalue weighted by Gasteiger charge is 2.22. The van der Waals surface area contributed by atoms with Crippen LogP contribution in [0.2, 0.25) is 0 Å². The third-order valence-electron chi connectivity index (χ3n) is 5.03. The molecule has 0 spiro atoms. The number of ether oxygens (including phenoxy) is 1. The molecule has 4 rings (SSSR count). The second-order valence-corrected chi connectivity index (χ2v) is 6.70. The van der Waals surface area contributed by atoms with Crippen LogP contribution in [-0.4, -0.2) is 43.3 Å². The van der Waals surface area contributed by atoms with Crippen molar-refractivity contribution in [2.24, 2.45) is 0 Å². The molecular weight excluding hydrogens is 340 g/mol. The Kier molecular flexibility index (Phi) is 4.98. The number of methoxy groups -OCH3 is 1. The zero-order valence-electron chi connectivity index (χ0n) is 15.5. The van der Waals surface area contributed by atoms with E-state index in [2.05, 4.69) is 45.3 Å². The van der Waals surface area contributed by atoms with Crippen LogP contribution in [-0.2, 0) is 6.54 Å². The summed E-state index contributed by atoms with van der Waals surface area (Å²) >= 11 is 0. The molecule has 1 aliphatic heterocycles. The van der Waals surface area contributed by atoms with E-state index in [0.717, 1.165) is 55.3 Å². The van der Waals surface area contributed by atoms with Crippen LogP contribution in [0.4, 0.5) is 11.6 Å². The minimum Gasteiger partial charge on any atom is -0.497 e. The van der Waals surface area contributed by atoms with Gasteiger partial charge in [0.1, 0.15) is 11.4 Å². The largest absolute Gasteiger partial charge is 0.497 e. The van der Waals surface area contributed by atoms with Crippen LogP contribution in [0, 0.1) is 0 Å². The van der Waals surface area contributed by atoms with Crippen molar-refractivity contribution in [2.45, 2.75) is 6.54 Å². The number of aromatic nitrogens is 1. The molecule has 140 valence electrons. The number of nitrogen functional groups attached to an aromatic ring is 1. The van der Waals surface area contributed by atoms with Crippen molar-refractivity contribution >= 4 is 11.6 Å². The molecule has 1 saturated heterocycles. The maximum Gasteiger partial charge on any atom is 0.230 e. The van der Waals surface area contributed by atoms with E-state index in [0.29, 0.717) is 5.88 Å². The lowest BCUT2D eigenvalue weighted by Gasteiger charge is -2.35. The summed E-state index contributed by atoms with van der Waals surface area (Å²) in [5.74, 6) is 1.17. The van der Waals surface area contributed by atoms with Gasteiger partial charge < -0.3 is 19.9 Å². The van der Waals surface area contributed by atoms with E-state index in [4.69, 9.17) is 15.0 Å². The standard InChI is InChI=1S/C21H24N4O2/c1-26-18-9-7-16(8-10-18)20-19(23-27-21(20)22)15-24-11-13-25(14-12-24)17-5-3-2-4-6-17/h2-10H,11-15,22H2,1H3.